The highest BCUT2D eigenvalue weighted by atomic mass is 16.5. The Morgan fingerprint density at radius 2 is 1.68 bits per heavy atom. The molecule has 2 aromatic carbocycles. The first kappa shape index (κ1) is 20.8. The summed E-state index contributed by atoms with van der Waals surface area (Å²) in [6.45, 7) is 3.80. The van der Waals surface area contributed by atoms with Crippen LogP contribution in [0, 0.1) is 11.3 Å². The molecule has 0 aliphatic rings. The third-order valence-corrected chi connectivity index (χ3v) is 4.40. The fraction of sp³-hybridized carbons (Fsp3) is 0.273. The van der Waals surface area contributed by atoms with Gasteiger partial charge in [-0.1, -0.05) is 36.4 Å². The molecule has 0 heterocycles. The van der Waals surface area contributed by atoms with Crippen LogP contribution in [0.5, 0.6) is 11.5 Å². The van der Waals surface area contributed by atoms with Gasteiger partial charge >= 0.3 is 0 Å². The summed E-state index contributed by atoms with van der Waals surface area (Å²) >= 11 is 0. The molecule has 0 saturated carbocycles. The number of nitrogens with one attached hydrogen (secondary N) is 2. The Kier molecular flexibility index (Phi) is 7.46. The minimum atomic E-state index is -0.447. The molecule has 2 aromatic rings. The quantitative estimate of drug-likeness (QED) is 0.540. The number of amides is 1. The molecule has 2 atom stereocenters. The zero-order valence-electron chi connectivity index (χ0n) is 16.5. The molecule has 2 unspecified atom stereocenters. The predicted molar refractivity (Wildman–Crippen MR) is 108 cm³/mol. The lowest BCUT2D eigenvalue weighted by Gasteiger charge is -2.17. The lowest BCUT2D eigenvalue weighted by atomic mass is 10.1. The van der Waals surface area contributed by atoms with Gasteiger partial charge in [0.15, 0.2) is 11.5 Å². The van der Waals surface area contributed by atoms with E-state index in [4.69, 9.17) is 9.47 Å². The highest BCUT2D eigenvalue weighted by Crippen LogP contribution is 2.29. The summed E-state index contributed by atoms with van der Waals surface area (Å²) in [6.07, 6.45) is 1.45. The number of methoxy groups -OCH3 is 2. The minimum Gasteiger partial charge on any atom is -0.493 e. The highest BCUT2D eigenvalue weighted by Gasteiger charge is 2.16. The van der Waals surface area contributed by atoms with Crippen molar-refractivity contribution in [3.05, 3.63) is 71.4 Å². The zero-order chi connectivity index (χ0) is 20.5. The van der Waals surface area contributed by atoms with Crippen molar-refractivity contribution in [2.24, 2.45) is 0 Å². The molecule has 0 aliphatic heterocycles. The molecule has 0 aliphatic carbocycles. The molecule has 2 rings (SSSR count). The number of nitrogens with zero attached hydrogens (tertiary/aromatic N) is 1. The van der Waals surface area contributed by atoms with Crippen LogP contribution < -0.4 is 20.1 Å². The van der Waals surface area contributed by atoms with Crippen LogP contribution in [-0.4, -0.2) is 20.1 Å². The first-order chi connectivity index (χ1) is 13.5. The van der Waals surface area contributed by atoms with E-state index in [1.54, 1.807) is 26.4 Å². The first-order valence-corrected chi connectivity index (χ1v) is 8.94. The van der Waals surface area contributed by atoms with Gasteiger partial charge in [0, 0.05) is 12.2 Å². The SMILES string of the molecule is COc1ccc(C(C)NC(=O)/C(C#N)=C\NC(C)c2ccccc2)cc1OC. The van der Waals surface area contributed by atoms with Gasteiger partial charge in [0.1, 0.15) is 11.6 Å². The lowest BCUT2D eigenvalue weighted by Crippen LogP contribution is -2.28. The van der Waals surface area contributed by atoms with Gasteiger partial charge in [0.05, 0.1) is 20.3 Å². The van der Waals surface area contributed by atoms with Crippen LogP contribution in [-0.2, 0) is 4.79 Å². The van der Waals surface area contributed by atoms with Crippen LogP contribution in [0.2, 0.25) is 0 Å². The number of rotatable bonds is 8. The molecule has 0 radical (unpaired) electrons. The van der Waals surface area contributed by atoms with E-state index in [1.165, 1.54) is 6.20 Å². The van der Waals surface area contributed by atoms with E-state index in [0.29, 0.717) is 11.5 Å². The fourth-order valence-corrected chi connectivity index (χ4v) is 2.67. The number of carbonyl (C=O) groups is 1. The molecule has 6 nitrogen and oxygen atoms in total. The summed E-state index contributed by atoms with van der Waals surface area (Å²) in [6, 6.07) is 16.8. The topological polar surface area (TPSA) is 83.4 Å². The Bertz CT molecular complexity index is 872. The summed E-state index contributed by atoms with van der Waals surface area (Å²) in [5.74, 6) is 0.745. The van der Waals surface area contributed by atoms with Gasteiger partial charge in [-0.05, 0) is 37.1 Å². The zero-order valence-corrected chi connectivity index (χ0v) is 16.5. The van der Waals surface area contributed by atoms with E-state index in [9.17, 15) is 10.1 Å². The molecule has 0 bridgehead atoms. The molecule has 0 saturated heterocycles. The van der Waals surface area contributed by atoms with Crippen LogP contribution in [0.25, 0.3) is 0 Å². The van der Waals surface area contributed by atoms with E-state index in [0.717, 1.165) is 11.1 Å². The number of nitriles is 1. The number of carbonyl (C=O) groups excluding carboxylic acids is 1. The number of benzene rings is 2. The Morgan fingerprint density at radius 1 is 1.00 bits per heavy atom. The maximum absolute atomic E-state index is 12.5. The molecule has 6 heteroatoms. The molecular formula is C22H25N3O3. The normalized spacial score (nSPS) is 13.0. The second-order valence-corrected chi connectivity index (χ2v) is 6.28. The van der Waals surface area contributed by atoms with Crippen LogP contribution >= 0.6 is 0 Å². The van der Waals surface area contributed by atoms with Gasteiger partial charge in [-0.3, -0.25) is 4.79 Å². The number of hydrogen-bond acceptors (Lipinski definition) is 5. The second kappa shape index (κ2) is 10.0. The van der Waals surface area contributed by atoms with Crippen molar-refractivity contribution < 1.29 is 14.3 Å². The Labute approximate surface area is 165 Å². The third-order valence-electron chi connectivity index (χ3n) is 4.40. The van der Waals surface area contributed by atoms with Crippen molar-refractivity contribution in [3.63, 3.8) is 0 Å². The Morgan fingerprint density at radius 3 is 2.29 bits per heavy atom. The predicted octanol–water partition coefficient (Wildman–Crippen LogP) is 3.64. The summed E-state index contributed by atoms with van der Waals surface area (Å²) < 4.78 is 10.5. The summed E-state index contributed by atoms with van der Waals surface area (Å²) in [7, 11) is 3.12. The molecule has 0 aromatic heterocycles. The van der Waals surface area contributed by atoms with Crippen molar-refractivity contribution in [1.29, 1.82) is 5.26 Å². The van der Waals surface area contributed by atoms with Crippen molar-refractivity contribution in [1.82, 2.24) is 10.6 Å². The molecule has 28 heavy (non-hydrogen) atoms. The minimum absolute atomic E-state index is 0.00936. The summed E-state index contributed by atoms with van der Waals surface area (Å²) in [4.78, 5) is 12.5. The van der Waals surface area contributed by atoms with Crippen molar-refractivity contribution >= 4 is 5.91 Å². The van der Waals surface area contributed by atoms with Crippen LogP contribution in [0.4, 0.5) is 0 Å². The van der Waals surface area contributed by atoms with Gasteiger partial charge in [0.25, 0.3) is 5.91 Å². The molecule has 2 N–H and O–H groups in total. The largest absolute Gasteiger partial charge is 0.493 e. The number of ether oxygens (including phenoxy) is 2. The molecule has 0 spiro atoms. The van der Waals surface area contributed by atoms with E-state index in [-0.39, 0.29) is 17.7 Å². The molecular weight excluding hydrogens is 354 g/mol. The Hall–Kier alpha value is -3.46. The van der Waals surface area contributed by atoms with Crippen LogP contribution in [0.3, 0.4) is 0 Å². The average Bonchev–Trinajstić information content (AvgIpc) is 2.73. The highest BCUT2D eigenvalue weighted by molar-refractivity contribution is 5.97. The second-order valence-electron chi connectivity index (χ2n) is 6.28. The van der Waals surface area contributed by atoms with Crippen LogP contribution in [0.15, 0.2) is 60.3 Å². The van der Waals surface area contributed by atoms with E-state index < -0.39 is 5.91 Å². The molecule has 1 amide bonds. The fourth-order valence-electron chi connectivity index (χ4n) is 2.67. The first-order valence-electron chi connectivity index (χ1n) is 8.94. The van der Waals surface area contributed by atoms with Crippen molar-refractivity contribution in [2.75, 3.05) is 14.2 Å². The van der Waals surface area contributed by atoms with E-state index in [2.05, 4.69) is 10.6 Å². The lowest BCUT2D eigenvalue weighted by molar-refractivity contribution is -0.117. The maximum Gasteiger partial charge on any atom is 0.263 e. The van der Waals surface area contributed by atoms with Crippen molar-refractivity contribution in [2.45, 2.75) is 25.9 Å². The van der Waals surface area contributed by atoms with Gasteiger partial charge in [-0.2, -0.15) is 5.26 Å². The van der Waals surface area contributed by atoms with Gasteiger partial charge in [-0.15, -0.1) is 0 Å². The Balaban J connectivity index is 2.06. The smallest absolute Gasteiger partial charge is 0.263 e. The van der Waals surface area contributed by atoms with Gasteiger partial charge < -0.3 is 20.1 Å². The van der Waals surface area contributed by atoms with Gasteiger partial charge in [0.2, 0.25) is 0 Å². The molecule has 0 fully saturated rings. The third kappa shape index (κ3) is 5.27. The number of hydrogen-bond donors (Lipinski definition) is 2. The summed E-state index contributed by atoms with van der Waals surface area (Å²) in [5.41, 5.74) is 1.92. The molecule has 146 valence electrons. The monoisotopic (exact) mass is 379 g/mol. The van der Waals surface area contributed by atoms with E-state index in [1.807, 2.05) is 56.3 Å². The van der Waals surface area contributed by atoms with Gasteiger partial charge in [-0.25, -0.2) is 0 Å². The van der Waals surface area contributed by atoms with Crippen LogP contribution in [0.1, 0.15) is 37.1 Å². The van der Waals surface area contributed by atoms with E-state index >= 15 is 0 Å². The summed E-state index contributed by atoms with van der Waals surface area (Å²) in [5, 5.41) is 15.3. The standard InChI is InChI=1S/C22H25N3O3/c1-15(17-8-6-5-7-9-17)24-14-19(13-23)22(26)25-16(2)18-10-11-20(27-3)21(12-18)28-4/h5-12,14-16,24H,1-4H3,(H,25,26)/b19-14-. The average molecular weight is 379 g/mol. The maximum atomic E-state index is 12.5. The van der Waals surface area contributed by atoms with Crippen molar-refractivity contribution in [3.8, 4) is 17.6 Å².